The molecule has 1 aliphatic carbocycles. The maximum atomic E-state index is 12.3. The second kappa shape index (κ2) is 6.72. The third-order valence-corrected chi connectivity index (χ3v) is 4.11. The maximum Gasteiger partial charge on any atom is 0.267 e. The van der Waals surface area contributed by atoms with Crippen LogP contribution >= 0.6 is 0 Å². The van der Waals surface area contributed by atoms with Crippen LogP contribution in [-0.4, -0.2) is 22.7 Å². The molecule has 7 nitrogen and oxygen atoms in total. The van der Waals surface area contributed by atoms with E-state index in [-0.39, 0.29) is 23.4 Å². The number of pyridine rings is 1. The Balaban J connectivity index is 1.66. The highest BCUT2D eigenvalue weighted by Gasteiger charge is 2.39. The first-order chi connectivity index (χ1) is 11.9. The van der Waals surface area contributed by atoms with Crippen LogP contribution in [0.3, 0.4) is 0 Å². The number of amides is 3. The number of primary amides is 1. The molecule has 3 rings (SSSR count). The average Bonchev–Trinajstić information content (AvgIpc) is 3.32. The Morgan fingerprint density at radius 1 is 1.12 bits per heavy atom. The average molecular weight is 338 g/mol. The minimum Gasteiger partial charge on any atom is -0.364 e. The van der Waals surface area contributed by atoms with E-state index in [9.17, 15) is 14.4 Å². The number of nitrogens with zero attached hydrogens (tertiary/aromatic N) is 1. The van der Waals surface area contributed by atoms with Gasteiger partial charge in [0.05, 0.1) is 11.9 Å². The third-order valence-electron chi connectivity index (χ3n) is 4.11. The van der Waals surface area contributed by atoms with Crippen molar-refractivity contribution in [2.24, 2.45) is 17.6 Å². The van der Waals surface area contributed by atoms with E-state index in [1.807, 2.05) is 6.92 Å². The summed E-state index contributed by atoms with van der Waals surface area (Å²) in [5.74, 6) is -0.512. The molecule has 0 bridgehead atoms. The summed E-state index contributed by atoms with van der Waals surface area (Å²) >= 11 is 0. The van der Waals surface area contributed by atoms with Gasteiger partial charge in [-0.15, -0.1) is 0 Å². The zero-order valence-corrected chi connectivity index (χ0v) is 13.7. The van der Waals surface area contributed by atoms with Crippen molar-refractivity contribution >= 4 is 29.1 Å². The normalized spacial score (nSPS) is 18.3. The summed E-state index contributed by atoms with van der Waals surface area (Å²) in [4.78, 5) is 39.2. The van der Waals surface area contributed by atoms with Crippen molar-refractivity contribution in [1.29, 1.82) is 0 Å². The second-order valence-electron chi connectivity index (χ2n) is 6.14. The number of rotatable bonds is 5. The molecule has 1 aromatic carbocycles. The molecule has 1 aromatic heterocycles. The summed E-state index contributed by atoms with van der Waals surface area (Å²) in [5.41, 5.74) is 6.67. The molecule has 4 N–H and O–H groups in total. The Bertz CT molecular complexity index is 832. The van der Waals surface area contributed by atoms with Crippen LogP contribution in [0.1, 0.15) is 34.2 Å². The molecular formula is C18H18N4O3. The van der Waals surface area contributed by atoms with Gasteiger partial charge < -0.3 is 16.4 Å². The zero-order chi connectivity index (χ0) is 18.0. The van der Waals surface area contributed by atoms with E-state index >= 15 is 0 Å². The molecule has 0 saturated heterocycles. The van der Waals surface area contributed by atoms with E-state index in [4.69, 9.17) is 5.73 Å². The van der Waals surface area contributed by atoms with Gasteiger partial charge in [0.25, 0.3) is 11.8 Å². The molecule has 3 amide bonds. The van der Waals surface area contributed by atoms with Gasteiger partial charge >= 0.3 is 0 Å². The lowest BCUT2D eigenvalue weighted by Gasteiger charge is -2.08. The first-order valence-electron chi connectivity index (χ1n) is 7.92. The van der Waals surface area contributed by atoms with Crippen LogP contribution in [0.5, 0.6) is 0 Å². The minimum atomic E-state index is -0.633. The molecule has 0 spiro atoms. The molecule has 7 heteroatoms. The van der Waals surface area contributed by atoms with Gasteiger partial charge in [-0.25, -0.2) is 4.98 Å². The third kappa shape index (κ3) is 4.00. The van der Waals surface area contributed by atoms with Gasteiger partial charge in [0.2, 0.25) is 5.91 Å². The van der Waals surface area contributed by atoms with Crippen LogP contribution in [0, 0.1) is 11.8 Å². The van der Waals surface area contributed by atoms with Crippen LogP contribution in [0.15, 0.2) is 42.6 Å². The predicted molar refractivity (Wildman–Crippen MR) is 93.1 cm³/mol. The highest BCUT2D eigenvalue weighted by molar-refractivity contribution is 6.05. The SMILES string of the molecule is C[C@@H]1C[C@H]1C(=O)Nc1cccc(C(=O)Nc2ccc(C(N)=O)nc2)c1. The highest BCUT2D eigenvalue weighted by Crippen LogP contribution is 2.38. The molecule has 1 saturated carbocycles. The smallest absolute Gasteiger partial charge is 0.267 e. The summed E-state index contributed by atoms with van der Waals surface area (Å²) in [6, 6.07) is 9.69. The summed E-state index contributed by atoms with van der Waals surface area (Å²) < 4.78 is 0. The maximum absolute atomic E-state index is 12.3. The Morgan fingerprint density at radius 2 is 1.88 bits per heavy atom. The fourth-order valence-electron chi connectivity index (χ4n) is 2.48. The summed E-state index contributed by atoms with van der Waals surface area (Å²) in [6.45, 7) is 2.03. The number of carbonyl (C=O) groups is 3. The molecule has 25 heavy (non-hydrogen) atoms. The van der Waals surface area contributed by atoms with E-state index < -0.39 is 5.91 Å². The lowest BCUT2D eigenvalue weighted by atomic mass is 10.1. The molecule has 0 aliphatic heterocycles. The van der Waals surface area contributed by atoms with Gasteiger partial charge in [0.15, 0.2) is 0 Å². The number of benzene rings is 1. The number of hydrogen-bond donors (Lipinski definition) is 3. The van der Waals surface area contributed by atoms with E-state index in [1.54, 1.807) is 30.3 Å². The lowest BCUT2D eigenvalue weighted by molar-refractivity contribution is -0.117. The van der Waals surface area contributed by atoms with Gasteiger partial charge in [-0.05, 0) is 42.7 Å². The highest BCUT2D eigenvalue weighted by atomic mass is 16.2. The zero-order valence-electron chi connectivity index (χ0n) is 13.7. The monoisotopic (exact) mass is 338 g/mol. The fraction of sp³-hybridized carbons (Fsp3) is 0.222. The molecule has 1 fully saturated rings. The minimum absolute atomic E-state index is 0.0173. The Hall–Kier alpha value is -3.22. The Kier molecular flexibility index (Phi) is 4.47. The molecule has 2 aromatic rings. The van der Waals surface area contributed by atoms with Gasteiger partial charge in [0, 0.05) is 17.2 Å². The van der Waals surface area contributed by atoms with Crippen LogP contribution in [0.4, 0.5) is 11.4 Å². The topological polar surface area (TPSA) is 114 Å². The van der Waals surface area contributed by atoms with Crippen molar-refractivity contribution in [1.82, 2.24) is 4.98 Å². The van der Waals surface area contributed by atoms with Gasteiger partial charge in [-0.3, -0.25) is 14.4 Å². The van der Waals surface area contributed by atoms with E-state index in [1.165, 1.54) is 12.3 Å². The number of nitrogens with two attached hydrogens (primary N) is 1. The molecule has 1 heterocycles. The van der Waals surface area contributed by atoms with Gasteiger partial charge in [-0.2, -0.15) is 0 Å². The number of aromatic nitrogens is 1. The van der Waals surface area contributed by atoms with Crippen molar-refractivity contribution in [3.63, 3.8) is 0 Å². The van der Waals surface area contributed by atoms with Crippen molar-refractivity contribution in [2.45, 2.75) is 13.3 Å². The standard InChI is InChI=1S/C18H18N4O3/c1-10-7-14(10)18(25)21-12-4-2-3-11(8-12)17(24)22-13-5-6-15(16(19)23)20-9-13/h2-6,8-10,14H,7H2,1H3,(H2,19,23)(H,21,25)(H,22,24)/t10-,14-/m1/s1. The summed E-state index contributed by atoms with van der Waals surface area (Å²) in [6.07, 6.45) is 2.26. The van der Waals surface area contributed by atoms with Crippen LogP contribution in [0.2, 0.25) is 0 Å². The van der Waals surface area contributed by atoms with Crippen LogP contribution in [-0.2, 0) is 4.79 Å². The molecular weight excluding hydrogens is 320 g/mol. The van der Waals surface area contributed by atoms with E-state index in [0.717, 1.165) is 6.42 Å². The van der Waals surface area contributed by atoms with Crippen molar-refractivity contribution < 1.29 is 14.4 Å². The number of carbonyl (C=O) groups excluding carboxylic acids is 3. The molecule has 1 aliphatic rings. The molecule has 0 unspecified atom stereocenters. The first kappa shape index (κ1) is 16.6. The largest absolute Gasteiger partial charge is 0.364 e. The number of hydrogen-bond acceptors (Lipinski definition) is 4. The summed E-state index contributed by atoms with van der Waals surface area (Å²) in [5, 5.41) is 5.51. The van der Waals surface area contributed by atoms with Crippen LogP contribution < -0.4 is 16.4 Å². The summed E-state index contributed by atoms with van der Waals surface area (Å²) in [7, 11) is 0. The van der Waals surface area contributed by atoms with Gasteiger partial charge in [-0.1, -0.05) is 13.0 Å². The second-order valence-corrected chi connectivity index (χ2v) is 6.14. The number of anilines is 2. The Morgan fingerprint density at radius 3 is 2.48 bits per heavy atom. The number of nitrogens with one attached hydrogen (secondary N) is 2. The molecule has 128 valence electrons. The van der Waals surface area contributed by atoms with Crippen molar-refractivity contribution in [2.75, 3.05) is 10.6 Å². The fourth-order valence-corrected chi connectivity index (χ4v) is 2.48. The van der Waals surface area contributed by atoms with Crippen molar-refractivity contribution in [3.05, 3.63) is 53.9 Å². The van der Waals surface area contributed by atoms with Crippen LogP contribution in [0.25, 0.3) is 0 Å². The molecule has 2 atom stereocenters. The molecule has 0 radical (unpaired) electrons. The van der Waals surface area contributed by atoms with Crippen molar-refractivity contribution in [3.8, 4) is 0 Å². The van der Waals surface area contributed by atoms with E-state index in [2.05, 4.69) is 15.6 Å². The predicted octanol–water partition coefficient (Wildman–Crippen LogP) is 2.03. The van der Waals surface area contributed by atoms with E-state index in [0.29, 0.717) is 22.9 Å². The lowest BCUT2D eigenvalue weighted by Crippen LogP contribution is -2.16. The first-order valence-corrected chi connectivity index (χ1v) is 7.92. The quantitative estimate of drug-likeness (QED) is 0.774. The Labute approximate surface area is 144 Å². The van der Waals surface area contributed by atoms with Gasteiger partial charge in [0.1, 0.15) is 5.69 Å².